The second kappa shape index (κ2) is 5.68. The SMILES string of the molecule is CCc1cc2c(N3CCC(n4ccnc4)CC3)ncnc2s1. The maximum absolute atomic E-state index is 4.57. The van der Waals surface area contributed by atoms with E-state index in [9.17, 15) is 0 Å². The van der Waals surface area contributed by atoms with Gasteiger partial charge in [0.25, 0.3) is 0 Å². The van der Waals surface area contributed by atoms with Crippen molar-refractivity contribution < 1.29 is 0 Å². The molecule has 0 N–H and O–H groups in total. The Morgan fingerprint density at radius 1 is 1.27 bits per heavy atom. The lowest BCUT2D eigenvalue weighted by molar-refractivity contribution is 0.395. The minimum Gasteiger partial charge on any atom is -0.356 e. The van der Waals surface area contributed by atoms with Gasteiger partial charge in [0.2, 0.25) is 0 Å². The summed E-state index contributed by atoms with van der Waals surface area (Å²) in [4.78, 5) is 18.1. The summed E-state index contributed by atoms with van der Waals surface area (Å²) in [5.41, 5.74) is 0. The zero-order valence-corrected chi connectivity index (χ0v) is 13.5. The van der Waals surface area contributed by atoms with E-state index in [0.717, 1.165) is 43.0 Å². The van der Waals surface area contributed by atoms with Gasteiger partial charge in [0, 0.05) is 36.4 Å². The fourth-order valence-corrected chi connectivity index (χ4v) is 4.11. The Morgan fingerprint density at radius 3 is 2.86 bits per heavy atom. The summed E-state index contributed by atoms with van der Waals surface area (Å²) in [6, 6.07) is 2.82. The highest BCUT2D eigenvalue weighted by Gasteiger charge is 2.23. The molecule has 5 nitrogen and oxygen atoms in total. The molecule has 0 atom stereocenters. The van der Waals surface area contributed by atoms with Crippen LogP contribution in [-0.2, 0) is 6.42 Å². The monoisotopic (exact) mass is 313 g/mol. The Labute approximate surface area is 133 Å². The number of nitrogens with zero attached hydrogens (tertiary/aromatic N) is 5. The molecule has 0 amide bonds. The van der Waals surface area contributed by atoms with Gasteiger partial charge in [0.05, 0.1) is 11.7 Å². The highest BCUT2D eigenvalue weighted by Crippen LogP contribution is 2.33. The number of imidazole rings is 1. The first-order valence-corrected chi connectivity index (χ1v) is 8.62. The zero-order valence-electron chi connectivity index (χ0n) is 12.6. The average molecular weight is 313 g/mol. The van der Waals surface area contributed by atoms with Crippen LogP contribution < -0.4 is 4.90 Å². The van der Waals surface area contributed by atoms with E-state index in [0.29, 0.717) is 6.04 Å². The lowest BCUT2D eigenvalue weighted by Gasteiger charge is -2.33. The van der Waals surface area contributed by atoms with Crippen LogP contribution in [0.25, 0.3) is 10.2 Å². The van der Waals surface area contributed by atoms with Crippen LogP contribution in [0, 0.1) is 0 Å². The Kier molecular flexibility index (Phi) is 3.54. The summed E-state index contributed by atoms with van der Waals surface area (Å²) >= 11 is 1.78. The summed E-state index contributed by atoms with van der Waals surface area (Å²) in [6.07, 6.45) is 10.9. The predicted molar refractivity (Wildman–Crippen MR) is 89.5 cm³/mol. The third kappa shape index (κ3) is 2.37. The van der Waals surface area contributed by atoms with Crippen LogP contribution in [0.5, 0.6) is 0 Å². The van der Waals surface area contributed by atoms with Crippen molar-refractivity contribution in [3.63, 3.8) is 0 Å². The van der Waals surface area contributed by atoms with Gasteiger partial charge in [-0.15, -0.1) is 11.3 Å². The van der Waals surface area contributed by atoms with Crippen molar-refractivity contribution in [1.82, 2.24) is 19.5 Å². The summed E-state index contributed by atoms with van der Waals surface area (Å²) in [5, 5.41) is 1.21. The van der Waals surface area contributed by atoms with Gasteiger partial charge in [-0.25, -0.2) is 15.0 Å². The molecule has 0 saturated carbocycles. The fraction of sp³-hybridized carbons (Fsp3) is 0.438. The van der Waals surface area contributed by atoms with Gasteiger partial charge in [-0.3, -0.25) is 0 Å². The molecule has 1 aliphatic rings. The van der Waals surface area contributed by atoms with E-state index in [1.54, 1.807) is 17.7 Å². The van der Waals surface area contributed by atoms with Crippen LogP contribution in [0.1, 0.15) is 30.7 Å². The number of anilines is 1. The fourth-order valence-electron chi connectivity index (χ4n) is 3.18. The molecule has 3 aromatic rings. The molecule has 1 fully saturated rings. The molecule has 0 radical (unpaired) electrons. The van der Waals surface area contributed by atoms with Crippen LogP contribution in [0.2, 0.25) is 0 Å². The van der Waals surface area contributed by atoms with Crippen molar-refractivity contribution >= 4 is 27.4 Å². The summed E-state index contributed by atoms with van der Waals surface area (Å²) in [5.74, 6) is 1.10. The van der Waals surface area contributed by atoms with Crippen LogP contribution in [0.3, 0.4) is 0 Å². The number of rotatable bonds is 3. The summed E-state index contributed by atoms with van der Waals surface area (Å²) < 4.78 is 2.23. The van der Waals surface area contributed by atoms with Crippen molar-refractivity contribution in [1.29, 1.82) is 0 Å². The molecular formula is C16H19N5S. The number of aryl methyl sites for hydroxylation is 1. The lowest BCUT2D eigenvalue weighted by Crippen LogP contribution is -2.35. The van der Waals surface area contributed by atoms with Crippen LogP contribution in [-0.4, -0.2) is 32.6 Å². The largest absolute Gasteiger partial charge is 0.356 e. The molecule has 22 heavy (non-hydrogen) atoms. The highest BCUT2D eigenvalue weighted by molar-refractivity contribution is 7.18. The van der Waals surface area contributed by atoms with Gasteiger partial charge in [0.15, 0.2) is 0 Å². The minimum atomic E-state index is 0.560. The second-order valence-electron chi connectivity index (χ2n) is 5.71. The van der Waals surface area contributed by atoms with Gasteiger partial charge >= 0.3 is 0 Å². The summed E-state index contributed by atoms with van der Waals surface area (Å²) in [7, 11) is 0. The molecule has 0 spiro atoms. The first-order valence-electron chi connectivity index (χ1n) is 7.81. The molecule has 0 aromatic carbocycles. The van der Waals surface area contributed by atoms with Crippen LogP contribution in [0.4, 0.5) is 5.82 Å². The number of hydrogen-bond donors (Lipinski definition) is 0. The number of aromatic nitrogens is 4. The molecule has 0 bridgehead atoms. The average Bonchev–Trinajstić information content (AvgIpc) is 3.23. The number of fused-ring (bicyclic) bond motifs is 1. The standard InChI is InChI=1S/C16H19N5S/c1-2-13-9-14-15(18-10-19-16(14)22-13)20-6-3-12(4-7-20)21-8-5-17-11-21/h5,8-12H,2-4,6-7H2,1H3. The molecular weight excluding hydrogens is 294 g/mol. The van der Waals surface area contributed by atoms with Gasteiger partial charge in [0.1, 0.15) is 17.0 Å². The summed E-state index contributed by atoms with van der Waals surface area (Å²) in [6.45, 7) is 4.26. The normalized spacial score (nSPS) is 16.5. The van der Waals surface area contributed by atoms with E-state index < -0.39 is 0 Å². The molecule has 6 heteroatoms. The third-order valence-electron chi connectivity index (χ3n) is 4.42. The second-order valence-corrected chi connectivity index (χ2v) is 6.83. The van der Waals surface area contributed by atoms with Crippen molar-refractivity contribution in [2.24, 2.45) is 0 Å². The van der Waals surface area contributed by atoms with Crippen molar-refractivity contribution in [3.05, 3.63) is 36.0 Å². The molecule has 4 heterocycles. The van der Waals surface area contributed by atoms with Crippen molar-refractivity contribution in [3.8, 4) is 0 Å². The van der Waals surface area contributed by atoms with Crippen LogP contribution >= 0.6 is 11.3 Å². The van der Waals surface area contributed by atoms with E-state index in [-0.39, 0.29) is 0 Å². The highest BCUT2D eigenvalue weighted by atomic mass is 32.1. The van der Waals surface area contributed by atoms with Gasteiger partial charge in [-0.05, 0) is 25.3 Å². The maximum atomic E-state index is 4.57. The zero-order chi connectivity index (χ0) is 14.9. The number of thiophene rings is 1. The third-order valence-corrected chi connectivity index (χ3v) is 5.61. The molecule has 1 aliphatic heterocycles. The number of piperidine rings is 1. The van der Waals surface area contributed by atoms with E-state index in [1.807, 2.05) is 12.5 Å². The molecule has 1 saturated heterocycles. The maximum Gasteiger partial charge on any atom is 0.140 e. The topological polar surface area (TPSA) is 46.8 Å². The van der Waals surface area contributed by atoms with E-state index >= 15 is 0 Å². The van der Waals surface area contributed by atoms with Crippen molar-refractivity contribution in [2.45, 2.75) is 32.2 Å². The molecule has 4 rings (SSSR count). The van der Waals surface area contributed by atoms with Gasteiger partial charge in [-0.1, -0.05) is 6.92 Å². The molecule has 0 unspecified atom stereocenters. The smallest absolute Gasteiger partial charge is 0.140 e. The Bertz CT molecular complexity index is 756. The lowest BCUT2D eigenvalue weighted by atomic mass is 10.0. The van der Waals surface area contributed by atoms with E-state index in [4.69, 9.17) is 0 Å². The first-order chi connectivity index (χ1) is 10.8. The van der Waals surface area contributed by atoms with Gasteiger partial charge < -0.3 is 9.47 Å². The Morgan fingerprint density at radius 2 is 2.14 bits per heavy atom. The Hall–Kier alpha value is -1.95. The van der Waals surface area contributed by atoms with E-state index in [1.165, 1.54) is 10.3 Å². The predicted octanol–water partition coefficient (Wildman–Crippen LogP) is 3.29. The minimum absolute atomic E-state index is 0.560. The first kappa shape index (κ1) is 13.7. The van der Waals surface area contributed by atoms with Gasteiger partial charge in [-0.2, -0.15) is 0 Å². The number of hydrogen-bond acceptors (Lipinski definition) is 5. The molecule has 3 aromatic heterocycles. The molecule has 0 aliphatic carbocycles. The van der Waals surface area contributed by atoms with Crippen LogP contribution in [0.15, 0.2) is 31.1 Å². The molecule has 114 valence electrons. The van der Waals surface area contributed by atoms with Crippen molar-refractivity contribution in [2.75, 3.05) is 18.0 Å². The van der Waals surface area contributed by atoms with E-state index in [2.05, 4.69) is 43.6 Å². The Balaban J connectivity index is 1.57. The quantitative estimate of drug-likeness (QED) is 0.744.